The first-order chi connectivity index (χ1) is 21.4. The van der Waals surface area contributed by atoms with Gasteiger partial charge in [0.1, 0.15) is 11.6 Å². The van der Waals surface area contributed by atoms with Crippen LogP contribution >= 0.6 is 0 Å². The number of likely N-dealkylation sites (N-methyl/N-ethyl adjacent to an activating group) is 2. The van der Waals surface area contributed by atoms with Gasteiger partial charge in [-0.3, -0.25) is 24.6 Å². The normalized spacial score (nSPS) is 11.2. The van der Waals surface area contributed by atoms with Crippen molar-refractivity contribution in [1.82, 2.24) is 25.1 Å². The number of carbonyl (C=O) groups is 1. The molecule has 0 radical (unpaired) electrons. The number of amides is 1. The highest BCUT2D eigenvalue weighted by molar-refractivity contribution is 5.94. The molecule has 0 spiro atoms. The third kappa shape index (κ3) is 8.50. The molecule has 234 valence electrons. The van der Waals surface area contributed by atoms with Crippen LogP contribution in [-0.4, -0.2) is 71.4 Å². The number of non-ortho nitro benzene ring substituents is 1. The number of hydrogen-bond acceptors (Lipinski definition) is 8. The van der Waals surface area contributed by atoms with Gasteiger partial charge in [0.15, 0.2) is 0 Å². The Labute approximate surface area is 260 Å². The number of aryl methyl sites for hydroxylation is 1. The van der Waals surface area contributed by atoms with Crippen LogP contribution in [0.4, 0.5) is 15.8 Å². The summed E-state index contributed by atoms with van der Waals surface area (Å²) in [6.45, 7) is 4.57. The van der Waals surface area contributed by atoms with E-state index < -0.39 is 16.6 Å². The van der Waals surface area contributed by atoms with Crippen molar-refractivity contribution in [3.8, 4) is 12.3 Å². The number of rotatable bonds is 13. The van der Waals surface area contributed by atoms with Gasteiger partial charge in [0.25, 0.3) is 17.2 Å². The van der Waals surface area contributed by atoms with Crippen LogP contribution in [0.5, 0.6) is 0 Å². The molecule has 1 heterocycles. The highest BCUT2D eigenvalue weighted by atomic mass is 19.1. The molecule has 0 aliphatic rings. The van der Waals surface area contributed by atoms with Crippen molar-refractivity contribution in [2.24, 2.45) is 0 Å². The number of nitro groups is 1. The summed E-state index contributed by atoms with van der Waals surface area (Å²) in [5, 5.41) is 14.1. The molecule has 0 unspecified atom stereocenters. The lowest BCUT2D eigenvalue weighted by Crippen LogP contribution is -2.29. The van der Waals surface area contributed by atoms with Crippen LogP contribution in [0.25, 0.3) is 10.9 Å². The Morgan fingerprint density at radius 1 is 1.11 bits per heavy atom. The molecular weight excluding hydrogens is 577 g/mol. The summed E-state index contributed by atoms with van der Waals surface area (Å²) in [7, 11) is 5.99. The molecule has 4 aromatic rings. The first kappa shape index (κ1) is 32.8. The summed E-state index contributed by atoms with van der Waals surface area (Å²) in [6, 6.07) is 13.7. The van der Waals surface area contributed by atoms with Gasteiger partial charge in [-0.05, 0) is 75.1 Å². The number of carbonyl (C=O) groups excluding carboxylic acids is 1. The largest absolute Gasteiger partial charge is 0.356 e. The quantitative estimate of drug-likeness (QED) is 0.132. The molecule has 1 amide bonds. The van der Waals surface area contributed by atoms with Gasteiger partial charge in [-0.1, -0.05) is 18.1 Å². The number of nitro benzene ring substituents is 1. The molecule has 4 rings (SSSR count). The van der Waals surface area contributed by atoms with Crippen LogP contribution in [0.3, 0.4) is 0 Å². The summed E-state index contributed by atoms with van der Waals surface area (Å²) in [6.07, 6.45) is 5.64. The van der Waals surface area contributed by atoms with Crippen LogP contribution in [0.15, 0.2) is 59.4 Å². The van der Waals surface area contributed by atoms with Gasteiger partial charge in [0.2, 0.25) is 0 Å². The van der Waals surface area contributed by atoms with E-state index in [2.05, 4.69) is 31.0 Å². The molecule has 12 heteroatoms. The number of hydrogen-bond donors (Lipinski definition) is 2. The molecule has 0 atom stereocenters. The van der Waals surface area contributed by atoms with E-state index in [4.69, 9.17) is 6.42 Å². The van der Waals surface area contributed by atoms with Gasteiger partial charge in [0, 0.05) is 44.0 Å². The topological polar surface area (TPSA) is 128 Å². The summed E-state index contributed by atoms with van der Waals surface area (Å²) in [5.41, 5.74) is 2.76. The maximum absolute atomic E-state index is 15.2. The Bertz CT molecular complexity index is 1820. The fourth-order valence-electron chi connectivity index (χ4n) is 4.83. The molecule has 1 aromatic heterocycles. The minimum Gasteiger partial charge on any atom is -0.356 e. The second kappa shape index (κ2) is 14.6. The Kier molecular flexibility index (Phi) is 10.6. The lowest BCUT2D eigenvalue weighted by molar-refractivity contribution is -0.384. The number of halogens is 1. The van der Waals surface area contributed by atoms with E-state index in [0.717, 1.165) is 24.2 Å². The number of nitrogens with one attached hydrogen (secondary N) is 2. The molecule has 11 nitrogen and oxygen atoms in total. The number of H-pyrrole nitrogens is 1. The number of benzene rings is 3. The summed E-state index contributed by atoms with van der Waals surface area (Å²) in [4.78, 5) is 49.8. The van der Waals surface area contributed by atoms with Gasteiger partial charge < -0.3 is 20.1 Å². The van der Waals surface area contributed by atoms with E-state index in [-0.39, 0.29) is 36.4 Å². The second-order valence-corrected chi connectivity index (χ2v) is 11.2. The predicted molar refractivity (Wildman–Crippen MR) is 173 cm³/mol. The molecular formula is C33H36FN7O4. The van der Waals surface area contributed by atoms with Gasteiger partial charge in [-0.15, -0.1) is 6.42 Å². The highest BCUT2D eigenvalue weighted by Crippen LogP contribution is 2.24. The van der Waals surface area contributed by atoms with E-state index in [1.54, 1.807) is 23.1 Å². The van der Waals surface area contributed by atoms with Gasteiger partial charge in [0.05, 0.1) is 34.5 Å². The monoisotopic (exact) mass is 613 g/mol. The number of aromatic amines is 1. The summed E-state index contributed by atoms with van der Waals surface area (Å²) in [5.74, 6) is 1.77. The molecule has 2 N–H and O–H groups in total. The number of nitrogens with zero attached hydrogens (tertiary/aromatic N) is 5. The lowest BCUT2D eigenvalue weighted by atomic mass is 10.0. The third-order valence-corrected chi connectivity index (χ3v) is 7.34. The third-order valence-electron chi connectivity index (χ3n) is 7.34. The predicted octanol–water partition coefficient (Wildman–Crippen LogP) is 3.84. The molecule has 0 aliphatic carbocycles. The van der Waals surface area contributed by atoms with Crippen molar-refractivity contribution in [3.05, 3.63) is 109 Å². The first-order valence-electron chi connectivity index (χ1n) is 14.3. The van der Waals surface area contributed by atoms with E-state index in [1.807, 2.05) is 34.1 Å². The second-order valence-electron chi connectivity index (χ2n) is 11.2. The fourth-order valence-corrected chi connectivity index (χ4v) is 4.83. The average Bonchev–Trinajstić information content (AvgIpc) is 2.99. The SMILES string of the molecule is C#CCN(Cc1cc2c(=O)[nH]c(CN(C)CCN(C)C)nc2cc1C)c1ccc(C(=O)NCc2cccc([N+](=O)[O-])c2)c(F)c1. The maximum Gasteiger partial charge on any atom is 0.269 e. The number of aromatic nitrogens is 2. The van der Waals surface area contributed by atoms with Crippen molar-refractivity contribution in [1.29, 1.82) is 0 Å². The van der Waals surface area contributed by atoms with Crippen LogP contribution < -0.4 is 15.8 Å². The number of anilines is 1. The van der Waals surface area contributed by atoms with Crippen molar-refractivity contribution < 1.29 is 14.1 Å². The van der Waals surface area contributed by atoms with Crippen LogP contribution in [0, 0.1) is 35.2 Å². The zero-order valence-corrected chi connectivity index (χ0v) is 25.8. The van der Waals surface area contributed by atoms with Crippen molar-refractivity contribution in [2.45, 2.75) is 26.6 Å². The smallest absolute Gasteiger partial charge is 0.269 e. The lowest BCUT2D eigenvalue weighted by Gasteiger charge is -2.24. The van der Waals surface area contributed by atoms with E-state index in [0.29, 0.717) is 34.5 Å². The van der Waals surface area contributed by atoms with Gasteiger partial charge in [-0.25, -0.2) is 9.37 Å². The minimum atomic E-state index is -0.745. The Morgan fingerprint density at radius 3 is 2.58 bits per heavy atom. The van der Waals surface area contributed by atoms with Crippen molar-refractivity contribution in [2.75, 3.05) is 45.7 Å². The van der Waals surface area contributed by atoms with Gasteiger partial charge >= 0.3 is 0 Å². The molecule has 45 heavy (non-hydrogen) atoms. The fraction of sp³-hybridized carbons (Fsp3) is 0.303. The summed E-state index contributed by atoms with van der Waals surface area (Å²) >= 11 is 0. The molecule has 0 fully saturated rings. The van der Waals surface area contributed by atoms with Crippen molar-refractivity contribution >= 4 is 28.2 Å². The number of fused-ring (bicyclic) bond motifs is 1. The summed E-state index contributed by atoms with van der Waals surface area (Å²) < 4.78 is 15.2. The van der Waals surface area contributed by atoms with Gasteiger partial charge in [-0.2, -0.15) is 0 Å². The van der Waals surface area contributed by atoms with E-state index in [1.165, 1.54) is 30.3 Å². The first-order valence-corrected chi connectivity index (χ1v) is 14.3. The average molecular weight is 614 g/mol. The highest BCUT2D eigenvalue weighted by Gasteiger charge is 2.17. The zero-order valence-electron chi connectivity index (χ0n) is 25.8. The molecule has 3 aromatic carbocycles. The Hall–Kier alpha value is -5.12. The maximum atomic E-state index is 15.2. The Balaban J connectivity index is 1.50. The zero-order chi connectivity index (χ0) is 32.7. The van der Waals surface area contributed by atoms with E-state index >= 15 is 4.39 Å². The molecule has 0 saturated carbocycles. The number of terminal acetylenes is 1. The molecule has 0 saturated heterocycles. The molecule has 0 aliphatic heterocycles. The minimum absolute atomic E-state index is 0.00516. The molecule has 0 bridgehead atoms. The Morgan fingerprint density at radius 2 is 1.89 bits per heavy atom. The van der Waals surface area contributed by atoms with Crippen LogP contribution in [-0.2, 0) is 19.6 Å². The standard InChI is InChI=1S/C33H36FN7O4/c1-6-12-40(25-10-11-27(29(34)18-25)32(42)35-19-23-8-7-9-26(16-23)41(44)45)20-24-17-28-30(15-22(24)2)36-31(37-33(28)43)21-39(5)14-13-38(3)4/h1,7-11,15-18H,12-14,19-21H2,2-5H3,(H,35,42)(H,36,37,43). The van der Waals surface area contributed by atoms with Crippen LogP contribution in [0.1, 0.15) is 32.9 Å². The van der Waals surface area contributed by atoms with Crippen LogP contribution in [0.2, 0.25) is 0 Å². The van der Waals surface area contributed by atoms with E-state index in [9.17, 15) is 19.7 Å². The van der Waals surface area contributed by atoms with Crippen molar-refractivity contribution in [3.63, 3.8) is 0 Å².